The Hall–Kier alpha value is -2.83. The lowest BCUT2D eigenvalue weighted by Gasteiger charge is -2.27. The van der Waals surface area contributed by atoms with E-state index < -0.39 is 20.5 Å². The van der Waals surface area contributed by atoms with Crippen LogP contribution in [0.4, 0.5) is 4.79 Å². The Bertz CT molecular complexity index is 1140. The molecule has 0 spiro atoms. The predicted molar refractivity (Wildman–Crippen MR) is 120 cm³/mol. The summed E-state index contributed by atoms with van der Waals surface area (Å²) >= 11 is 0. The molecule has 3 N–H and O–H groups in total. The molecule has 3 heterocycles. The number of rotatable bonds is 6. The van der Waals surface area contributed by atoms with Gasteiger partial charge in [-0.2, -0.15) is 0 Å². The number of piperidine rings is 1. The number of aromatic nitrogens is 1. The Morgan fingerprint density at radius 2 is 2.00 bits per heavy atom. The Balaban J connectivity index is 1.57. The summed E-state index contributed by atoms with van der Waals surface area (Å²) in [5.74, 6) is 10.5. The summed E-state index contributed by atoms with van der Waals surface area (Å²) in [6.07, 6.45) is 3.67. The molecule has 0 aromatic carbocycles. The van der Waals surface area contributed by atoms with Gasteiger partial charge in [0.15, 0.2) is 14.6 Å². The van der Waals surface area contributed by atoms with E-state index >= 15 is 0 Å². The van der Waals surface area contributed by atoms with Crippen molar-refractivity contribution in [1.82, 2.24) is 19.8 Å². The Morgan fingerprint density at radius 3 is 2.61 bits per heavy atom. The largest absolute Gasteiger partial charge is 0.393 e. The van der Waals surface area contributed by atoms with E-state index in [4.69, 9.17) is 5.21 Å². The van der Waals surface area contributed by atoms with Crippen molar-refractivity contribution >= 4 is 21.8 Å². The molecule has 3 rings (SSSR count). The van der Waals surface area contributed by atoms with Crippen LogP contribution in [-0.2, 0) is 21.2 Å². The van der Waals surface area contributed by atoms with Crippen LogP contribution in [0.2, 0.25) is 0 Å². The van der Waals surface area contributed by atoms with Crippen LogP contribution in [0.3, 0.4) is 0 Å². The standard InChI is InChI=1S/C22H28N4O6S/c1-22(20(28)23-30,33(2,31)32)9-13-25-16-18-14-17(15-26(18)21(25)29)6-4-3-5-10-24-11-7-19(27)8-12-24/h14-15,19,27,30H,7-13,16H2,1-2H3,(H,23,28). The van der Waals surface area contributed by atoms with Crippen LogP contribution in [0.5, 0.6) is 0 Å². The lowest BCUT2D eigenvalue weighted by molar-refractivity contribution is -0.131. The second kappa shape index (κ2) is 9.98. The molecule has 2 aliphatic rings. The van der Waals surface area contributed by atoms with Crippen molar-refractivity contribution in [2.45, 2.75) is 43.6 Å². The Morgan fingerprint density at radius 1 is 1.30 bits per heavy atom. The second-order valence-corrected chi connectivity index (χ2v) is 11.0. The third-order valence-corrected chi connectivity index (χ3v) is 8.23. The number of hydrogen-bond donors (Lipinski definition) is 3. The summed E-state index contributed by atoms with van der Waals surface area (Å²) in [5.41, 5.74) is 2.75. The van der Waals surface area contributed by atoms with E-state index in [-0.39, 0.29) is 31.6 Å². The first-order valence-electron chi connectivity index (χ1n) is 10.6. The zero-order valence-corrected chi connectivity index (χ0v) is 19.5. The first-order valence-corrected chi connectivity index (χ1v) is 12.5. The Labute approximate surface area is 193 Å². The number of sulfone groups is 1. The first-order chi connectivity index (χ1) is 15.5. The second-order valence-electron chi connectivity index (χ2n) is 8.55. The lowest BCUT2D eigenvalue weighted by Crippen LogP contribution is -2.50. The number of carbonyl (C=O) groups excluding carboxylic acids is 2. The number of nitrogens with zero attached hydrogens (tertiary/aromatic N) is 3. The molecule has 0 bridgehead atoms. The van der Waals surface area contributed by atoms with E-state index in [1.165, 1.54) is 21.9 Å². The SMILES string of the molecule is CC(CCN1Cc2cc(C#CC#CCN3CCC(O)CC3)cn2C1=O)(C(=O)NO)S(C)(=O)=O. The quantitative estimate of drug-likeness (QED) is 0.294. The van der Waals surface area contributed by atoms with Gasteiger partial charge in [0.25, 0.3) is 5.91 Å². The summed E-state index contributed by atoms with van der Waals surface area (Å²) in [6, 6.07) is 1.44. The van der Waals surface area contributed by atoms with E-state index in [1.807, 2.05) is 0 Å². The van der Waals surface area contributed by atoms with Crippen LogP contribution in [0.15, 0.2) is 12.3 Å². The molecule has 1 atom stereocenters. The van der Waals surface area contributed by atoms with E-state index in [1.54, 1.807) is 12.3 Å². The van der Waals surface area contributed by atoms with Gasteiger partial charge in [-0.3, -0.25) is 19.5 Å². The molecular formula is C22H28N4O6S. The molecular weight excluding hydrogens is 448 g/mol. The highest BCUT2D eigenvalue weighted by Gasteiger charge is 2.44. The maximum absolute atomic E-state index is 12.7. The zero-order valence-electron chi connectivity index (χ0n) is 18.7. The lowest BCUT2D eigenvalue weighted by atomic mass is 10.1. The number of likely N-dealkylation sites (tertiary alicyclic amines) is 1. The van der Waals surface area contributed by atoms with Gasteiger partial charge in [-0.25, -0.2) is 18.7 Å². The van der Waals surface area contributed by atoms with Gasteiger partial charge < -0.3 is 10.0 Å². The van der Waals surface area contributed by atoms with Gasteiger partial charge in [-0.05, 0) is 44.1 Å². The average Bonchev–Trinajstić information content (AvgIpc) is 3.30. The molecule has 0 saturated carbocycles. The fourth-order valence-corrected chi connectivity index (χ4v) is 4.62. The molecule has 1 fully saturated rings. The summed E-state index contributed by atoms with van der Waals surface area (Å²) in [6.45, 7) is 3.75. The van der Waals surface area contributed by atoms with Crippen molar-refractivity contribution in [3.63, 3.8) is 0 Å². The average molecular weight is 477 g/mol. The predicted octanol–water partition coefficient (Wildman–Crippen LogP) is -0.218. The molecule has 10 nitrogen and oxygen atoms in total. The van der Waals surface area contributed by atoms with Gasteiger partial charge in [0.1, 0.15) is 0 Å². The topological polar surface area (TPSA) is 132 Å². The first kappa shape index (κ1) is 24.8. The summed E-state index contributed by atoms with van der Waals surface area (Å²) < 4.78 is 23.8. The number of hydroxylamine groups is 1. The highest BCUT2D eigenvalue weighted by Crippen LogP contribution is 2.25. The number of aliphatic hydroxyl groups is 1. The van der Waals surface area contributed by atoms with Crippen LogP contribution >= 0.6 is 0 Å². The minimum Gasteiger partial charge on any atom is -0.393 e. The molecule has 33 heavy (non-hydrogen) atoms. The number of amides is 2. The van der Waals surface area contributed by atoms with Gasteiger partial charge in [0.05, 0.1) is 19.2 Å². The number of aliphatic hydroxyl groups excluding tert-OH is 1. The fraction of sp³-hybridized carbons (Fsp3) is 0.545. The molecule has 178 valence electrons. The fourth-order valence-electron chi connectivity index (χ4n) is 3.78. The van der Waals surface area contributed by atoms with Gasteiger partial charge in [-0.1, -0.05) is 11.8 Å². The summed E-state index contributed by atoms with van der Waals surface area (Å²) in [7, 11) is -3.83. The van der Waals surface area contributed by atoms with Gasteiger partial charge in [-0.15, -0.1) is 0 Å². The van der Waals surface area contributed by atoms with Crippen molar-refractivity contribution < 1.29 is 28.3 Å². The smallest absolute Gasteiger partial charge is 0.328 e. The van der Waals surface area contributed by atoms with Gasteiger partial charge in [0.2, 0.25) is 0 Å². The number of carbonyl (C=O) groups is 2. The molecule has 2 aliphatic heterocycles. The van der Waals surface area contributed by atoms with Crippen molar-refractivity contribution in [2.75, 3.05) is 32.4 Å². The summed E-state index contributed by atoms with van der Waals surface area (Å²) in [5, 5.41) is 18.4. The van der Waals surface area contributed by atoms with Crippen LogP contribution in [0, 0.1) is 23.7 Å². The highest BCUT2D eigenvalue weighted by molar-refractivity contribution is 7.92. The third-order valence-electron chi connectivity index (χ3n) is 6.21. The van der Waals surface area contributed by atoms with E-state index in [0.717, 1.165) is 32.2 Å². The van der Waals surface area contributed by atoms with E-state index in [2.05, 4.69) is 28.6 Å². The van der Waals surface area contributed by atoms with E-state index in [9.17, 15) is 23.1 Å². The molecule has 0 radical (unpaired) electrons. The van der Waals surface area contributed by atoms with Crippen LogP contribution < -0.4 is 5.48 Å². The minimum atomic E-state index is -3.83. The molecule has 1 aromatic rings. The molecule has 1 aromatic heterocycles. The van der Waals surface area contributed by atoms with E-state index in [0.29, 0.717) is 17.8 Å². The number of nitrogens with one attached hydrogen (secondary N) is 1. The molecule has 2 amide bonds. The van der Waals surface area contributed by atoms with Crippen LogP contribution in [0.1, 0.15) is 37.4 Å². The van der Waals surface area contributed by atoms with Crippen LogP contribution in [0.25, 0.3) is 0 Å². The van der Waals surface area contributed by atoms with Crippen molar-refractivity contribution in [1.29, 1.82) is 0 Å². The monoisotopic (exact) mass is 476 g/mol. The number of hydrogen-bond acceptors (Lipinski definition) is 7. The minimum absolute atomic E-state index is 0.0253. The normalized spacial score (nSPS) is 18.5. The number of fused-ring (bicyclic) bond motifs is 1. The molecule has 1 unspecified atom stereocenters. The molecule has 1 saturated heterocycles. The third kappa shape index (κ3) is 5.57. The van der Waals surface area contributed by atoms with Crippen LogP contribution in [-0.4, -0.2) is 88.3 Å². The summed E-state index contributed by atoms with van der Waals surface area (Å²) in [4.78, 5) is 28.2. The highest BCUT2D eigenvalue weighted by atomic mass is 32.2. The van der Waals surface area contributed by atoms with Gasteiger partial charge >= 0.3 is 6.03 Å². The van der Waals surface area contributed by atoms with Crippen molar-refractivity contribution in [3.05, 3.63) is 23.5 Å². The van der Waals surface area contributed by atoms with Gasteiger partial charge in [0, 0.05) is 43.3 Å². The van der Waals surface area contributed by atoms with Crippen molar-refractivity contribution in [3.8, 4) is 23.7 Å². The molecule has 11 heteroatoms. The zero-order chi connectivity index (χ0) is 24.2. The van der Waals surface area contributed by atoms with Crippen molar-refractivity contribution in [2.24, 2.45) is 0 Å². The maximum Gasteiger partial charge on any atom is 0.328 e. The molecule has 0 aliphatic carbocycles. The maximum atomic E-state index is 12.7. The Kier molecular flexibility index (Phi) is 7.50.